The van der Waals surface area contributed by atoms with Gasteiger partial charge in [0, 0.05) is 23.3 Å². The number of nitro benzene ring substituents is 2. The molecule has 0 bridgehead atoms. The summed E-state index contributed by atoms with van der Waals surface area (Å²) < 4.78 is 35.6. The first-order valence-corrected chi connectivity index (χ1v) is 11.5. The van der Waals surface area contributed by atoms with E-state index in [-0.39, 0.29) is 43.8 Å². The third-order valence-electron chi connectivity index (χ3n) is 5.19. The van der Waals surface area contributed by atoms with Crippen LogP contribution in [-0.2, 0) is 0 Å². The fourth-order valence-electron chi connectivity index (χ4n) is 3.57. The second-order valence-corrected chi connectivity index (χ2v) is 8.94. The Bertz CT molecular complexity index is 1480. The van der Waals surface area contributed by atoms with Crippen LogP contribution in [0.4, 0.5) is 20.2 Å². The smallest absolute Gasteiger partial charge is 0.290 e. The summed E-state index contributed by atoms with van der Waals surface area (Å²) in [5.74, 6) is -2.39. The summed E-state index contributed by atoms with van der Waals surface area (Å²) in [4.78, 5) is 21.5. The Labute approximate surface area is 227 Å². The predicted octanol–water partition coefficient (Wildman–Crippen LogP) is 9.52. The van der Waals surface area contributed by atoms with Gasteiger partial charge in [0.1, 0.15) is 21.7 Å². The average molecular weight is 586 g/mol. The van der Waals surface area contributed by atoms with Crippen LogP contribution in [0, 0.1) is 31.9 Å². The molecule has 0 aliphatic rings. The van der Waals surface area contributed by atoms with E-state index in [1.54, 1.807) is 0 Å². The van der Waals surface area contributed by atoms with Crippen LogP contribution in [0.5, 0.6) is 11.5 Å². The van der Waals surface area contributed by atoms with Crippen LogP contribution in [0.25, 0.3) is 22.3 Å². The van der Waals surface area contributed by atoms with Gasteiger partial charge in [-0.05, 0) is 12.1 Å². The minimum atomic E-state index is -0.817. The molecule has 0 radical (unpaired) electrons. The van der Waals surface area contributed by atoms with Crippen LogP contribution in [0.1, 0.15) is 0 Å². The maximum absolute atomic E-state index is 14.8. The highest BCUT2D eigenvalue weighted by atomic mass is 35.5. The molecule has 0 fully saturated rings. The van der Waals surface area contributed by atoms with E-state index in [2.05, 4.69) is 0 Å². The largest absolute Gasteiger partial charge is 0.453 e. The van der Waals surface area contributed by atoms with E-state index < -0.39 is 42.9 Å². The zero-order chi connectivity index (χ0) is 27.0. The van der Waals surface area contributed by atoms with Gasteiger partial charge in [-0.25, -0.2) is 8.78 Å². The lowest BCUT2D eigenvalue weighted by Crippen LogP contribution is -2.00. The van der Waals surface area contributed by atoms with Crippen molar-refractivity contribution in [2.24, 2.45) is 0 Å². The van der Waals surface area contributed by atoms with E-state index in [1.807, 2.05) is 0 Å². The molecule has 0 spiro atoms. The molecule has 188 valence electrons. The minimum absolute atomic E-state index is 0.204. The molecule has 0 unspecified atom stereocenters. The molecule has 0 amide bonds. The van der Waals surface area contributed by atoms with Gasteiger partial charge in [-0.3, -0.25) is 20.2 Å². The first kappa shape index (κ1) is 26.6. The van der Waals surface area contributed by atoms with Crippen molar-refractivity contribution in [1.29, 1.82) is 0 Å². The Balaban J connectivity index is 2.08. The molecule has 0 saturated carbocycles. The molecular weight excluding hydrogens is 576 g/mol. The normalized spacial score (nSPS) is 10.9. The molecule has 4 rings (SSSR count). The van der Waals surface area contributed by atoms with Gasteiger partial charge in [0.05, 0.1) is 31.0 Å². The Morgan fingerprint density at radius 1 is 0.649 bits per heavy atom. The Kier molecular flexibility index (Phi) is 7.52. The van der Waals surface area contributed by atoms with E-state index in [0.29, 0.717) is 0 Å². The van der Waals surface area contributed by atoms with E-state index in [4.69, 9.17) is 51.1 Å². The van der Waals surface area contributed by atoms with Crippen molar-refractivity contribution in [3.63, 3.8) is 0 Å². The van der Waals surface area contributed by atoms with Gasteiger partial charge in [-0.2, -0.15) is 0 Å². The molecule has 0 aliphatic heterocycles. The zero-order valence-electron chi connectivity index (χ0n) is 18.0. The highest BCUT2D eigenvalue weighted by Gasteiger charge is 2.31. The van der Waals surface area contributed by atoms with E-state index >= 15 is 0 Å². The fraction of sp³-hybridized carbons (Fsp3) is 0. The van der Waals surface area contributed by atoms with Crippen molar-refractivity contribution in [2.45, 2.75) is 0 Å². The molecule has 0 saturated heterocycles. The molecule has 13 heteroatoms. The first-order valence-electron chi connectivity index (χ1n) is 10.0. The minimum Gasteiger partial charge on any atom is -0.453 e. The average Bonchev–Trinajstić information content (AvgIpc) is 2.84. The zero-order valence-corrected chi connectivity index (χ0v) is 21.0. The molecule has 0 aliphatic carbocycles. The molecule has 0 atom stereocenters. The summed E-state index contributed by atoms with van der Waals surface area (Å²) in [5.41, 5.74) is -2.29. The number of hydrogen-bond donors (Lipinski definition) is 0. The van der Waals surface area contributed by atoms with Gasteiger partial charge >= 0.3 is 0 Å². The van der Waals surface area contributed by atoms with E-state index in [1.165, 1.54) is 36.4 Å². The second-order valence-electron chi connectivity index (χ2n) is 7.37. The lowest BCUT2D eigenvalue weighted by atomic mass is 10.0. The lowest BCUT2D eigenvalue weighted by molar-refractivity contribution is -0.384. The van der Waals surface area contributed by atoms with Gasteiger partial charge < -0.3 is 4.74 Å². The maximum atomic E-state index is 14.8. The van der Waals surface area contributed by atoms with Crippen LogP contribution in [0.3, 0.4) is 0 Å². The fourth-order valence-corrected chi connectivity index (χ4v) is 4.66. The summed E-state index contributed by atoms with van der Waals surface area (Å²) in [5, 5.41) is 21.4. The molecule has 0 N–H and O–H groups in total. The number of halogens is 6. The van der Waals surface area contributed by atoms with E-state index in [0.717, 1.165) is 24.3 Å². The first-order chi connectivity index (χ1) is 17.5. The Morgan fingerprint density at radius 3 is 1.32 bits per heavy atom. The predicted molar refractivity (Wildman–Crippen MR) is 137 cm³/mol. The lowest BCUT2D eigenvalue weighted by Gasteiger charge is -2.19. The van der Waals surface area contributed by atoms with Gasteiger partial charge in [-0.15, -0.1) is 0 Å². The number of nitrogens with zero attached hydrogens (tertiary/aromatic N) is 2. The second kappa shape index (κ2) is 10.5. The quantitative estimate of drug-likeness (QED) is 0.166. The maximum Gasteiger partial charge on any atom is 0.290 e. The number of hydrogen-bond acceptors (Lipinski definition) is 5. The topological polar surface area (TPSA) is 95.5 Å². The summed E-state index contributed by atoms with van der Waals surface area (Å²) >= 11 is 25.3. The summed E-state index contributed by atoms with van der Waals surface area (Å²) in [6.45, 7) is 0. The van der Waals surface area contributed by atoms with Crippen molar-refractivity contribution in [3.8, 4) is 33.8 Å². The standard InChI is InChI=1S/C24H10Cl4F2N2O5/c25-13-9-17(31(33)34)21(27)19(11-5-1-3-7-15(11)29)23(13)37-24-14(26)10-18(32(35)36)22(28)20(24)12-6-2-4-8-16(12)30/h1-10H. The molecule has 4 aromatic rings. The number of benzene rings is 4. The summed E-state index contributed by atoms with van der Waals surface area (Å²) in [6, 6.07) is 12.2. The number of ether oxygens (including phenoxy) is 1. The molecule has 4 aromatic carbocycles. The highest BCUT2D eigenvalue weighted by molar-refractivity contribution is 6.40. The van der Waals surface area contributed by atoms with Crippen LogP contribution in [0.15, 0.2) is 60.7 Å². The Morgan fingerprint density at radius 2 is 1.00 bits per heavy atom. The van der Waals surface area contributed by atoms with Crippen LogP contribution >= 0.6 is 46.4 Å². The van der Waals surface area contributed by atoms with Crippen molar-refractivity contribution >= 4 is 57.8 Å². The molecule has 7 nitrogen and oxygen atoms in total. The molecular formula is C24H10Cl4F2N2O5. The van der Waals surface area contributed by atoms with Crippen LogP contribution < -0.4 is 4.74 Å². The van der Waals surface area contributed by atoms with Gasteiger partial charge in [-0.1, -0.05) is 82.8 Å². The Hall–Kier alpha value is -3.50. The van der Waals surface area contributed by atoms with E-state index in [9.17, 15) is 29.0 Å². The summed E-state index contributed by atoms with van der Waals surface area (Å²) in [7, 11) is 0. The third-order valence-corrected chi connectivity index (χ3v) is 6.51. The van der Waals surface area contributed by atoms with Crippen LogP contribution in [0.2, 0.25) is 20.1 Å². The van der Waals surface area contributed by atoms with Crippen LogP contribution in [-0.4, -0.2) is 9.85 Å². The molecule has 37 heavy (non-hydrogen) atoms. The van der Waals surface area contributed by atoms with Crippen molar-refractivity contribution in [1.82, 2.24) is 0 Å². The SMILES string of the molecule is O=[N+]([O-])c1cc(Cl)c(Oc2c(Cl)cc([N+](=O)[O-])c(Cl)c2-c2ccccc2F)c(-c2ccccc2F)c1Cl. The van der Waals surface area contributed by atoms with Crippen molar-refractivity contribution < 1.29 is 23.4 Å². The number of rotatable bonds is 6. The van der Waals surface area contributed by atoms with Crippen molar-refractivity contribution in [3.05, 3.63) is 113 Å². The van der Waals surface area contributed by atoms with Gasteiger partial charge in [0.25, 0.3) is 11.4 Å². The monoisotopic (exact) mass is 584 g/mol. The number of nitro groups is 2. The van der Waals surface area contributed by atoms with Gasteiger partial charge in [0.15, 0.2) is 11.5 Å². The van der Waals surface area contributed by atoms with Gasteiger partial charge in [0.2, 0.25) is 0 Å². The molecule has 0 heterocycles. The summed E-state index contributed by atoms with van der Waals surface area (Å²) in [6.07, 6.45) is 0. The molecule has 0 aromatic heterocycles. The highest BCUT2D eigenvalue weighted by Crippen LogP contribution is 2.53. The third kappa shape index (κ3) is 4.91. The van der Waals surface area contributed by atoms with Crippen molar-refractivity contribution in [2.75, 3.05) is 0 Å².